The number of anilines is 1. The molecule has 0 saturated heterocycles. The minimum absolute atomic E-state index is 0.0780. The van der Waals surface area contributed by atoms with E-state index in [2.05, 4.69) is 5.32 Å². The fourth-order valence-corrected chi connectivity index (χ4v) is 6.80. The topological polar surface area (TPSA) is 86.8 Å². The number of halogens is 1. The molecule has 0 radical (unpaired) electrons. The van der Waals surface area contributed by atoms with E-state index in [-0.39, 0.29) is 23.8 Å². The maximum atomic E-state index is 14.6. The van der Waals surface area contributed by atoms with Crippen LogP contribution in [0.15, 0.2) is 102 Å². The first kappa shape index (κ1) is 34.7. The number of hydrogen-bond donors (Lipinski definition) is 1. The molecule has 2 amide bonds. The van der Waals surface area contributed by atoms with Gasteiger partial charge in [-0.05, 0) is 79.8 Å². The lowest BCUT2D eigenvalue weighted by atomic mass is 10.0. The van der Waals surface area contributed by atoms with E-state index in [9.17, 15) is 18.0 Å². The van der Waals surface area contributed by atoms with E-state index in [0.717, 1.165) is 40.7 Å². The Labute approximate surface area is 278 Å². The maximum absolute atomic E-state index is 14.6. The summed E-state index contributed by atoms with van der Waals surface area (Å²) in [5.74, 6) is -0.794. The monoisotopic (exact) mass is 659 g/mol. The number of rotatable bonds is 14. The third-order valence-corrected chi connectivity index (χ3v) is 10.1. The quantitative estimate of drug-likeness (QED) is 0.148. The third kappa shape index (κ3) is 8.77. The lowest BCUT2D eigenvalue weighted by Gasteiger charge is -2.34. The Morgan fingerprint density at radius 1 is 0.826 bits per heavy atom. The van der Waals surface area contributed by atoms with Crippen LogP contribution in [0, 0.1) is 20.8 Å². The molecule has 4 aromatic carbocycles. The number of nitrogens with zero attached hydrogens (tertiary/aromatic N) is 2. The standard InChI is InChI=1S/C37H42ClN3O4S/c1-5-6-23-39-37(43)35(24-30-12-8-7-9-13-30)40(25-31-17-19-32(38)20-18-31)36(42)26-41(34-14-10-11-28(3)29(34)4)46(44,45)33-21-15-27(2)16-22-33/h7-22,35H,5-6,23-26H2,1-4H3,(H,39,43)/t35-/m1/s1. The summed E-state index contributed by atoms with van der Waals surface area (Å²) in [6.45, 7) is 7.73. The summed E-state index contributed by atoms with van der Waals surface area (Å²) in [7, 11) is -4.17. The smallest absolute Gasteiger partial charge is 0.264 e. The maximum Gasteiger partial charge on any atom is 0.264 e. The highest BCUT2D eigenvalue weighted by molar-refractivity contribution is 7.92. The third-order valence-electron chi connectivity index (χ3n) is 8.10. The van der Waals surface area contributed by atoms with Crippen LogP contribution in [-0.2, 0) is 32.6 Å². The number of carbonyl (C=O) groups excluding carboxylic acids is 2. The summed E-state index contributed by atoms with van der Waals surface area (Å²) in [6.07, 6.45) is 1.95. The van der Waals surface area contributed by atoms with Crippen molar-refractivity contribution < 1.29 is 18.0 Å². The number of nitrogens with one attached hydrogen (secondary N) is 1. The fraction of sp³-hybridized carbons (Fsp3) is 0.297. The first-order valence-electron chi connectivity index (χ1n) is 15.5. The second-order valence-electron chi connectivity index (χ2n) is 11.5. The second-order valence-corrected chi connectivity index (χ2v) is 13.8. The van der Waals surface area contributed by atoms with Crippen molar-refractivity contribution in [2.75, 3.05) is 17.4 Å². The number of unbranched alkanes of at least 4 members (excludes halogenated alkanes) is 1. The number of carbonyl (C=O) groups is 2. The summed E-state index contributed by atoms with van der Waals surface area (Å²) >= 11 is 6.17. The van der Waals surface area contributed by atoms with Crippen molar-refractivity contribution in [1.82, 2.24) is 10.2 Å². The molecule has 9 heteroatoms. The van der Waals surface area contributed by atoms with Crippen molar-refractivity contribution in [2.45, 2.75) is 64.4 Å². The summed E-state index contributed by atoms with van der Waals surface area (Å²) in [4.78, 5) is 30.0. The summed E-state index contributed by atoms with van der Waals surface area (Å²) in [6, 6.07) is 27.7. The molecule has 0 spiro atoms. The first-order chi connectivity index (χ1) is 22.0. The Morgan fingerprint density at radius 3 is 2.15 bits per heavy atom. The predicted octanol–water partition coefficient (Wildman–Crippen LogP) is 7.02. The molecule has 4 aromatic rings. The van der Waals surface area contributed by atoms with Crippen molar-refractivity contribution in [3.63, 3.8) is 0 Å². The van der Waals surface area contributed by atoms with E-state index in [4.69, 9.17) is 11.6 Å². The lowest BCUT2D eigenvalue weighted by molar-refractivity contribution is -0.140. The van der Waals surface area contributed by atoms with Crippen LogP contribution in [0.4, 0.5) is 5.69 Å². The minimum Gasteiger partial charge on any atom is -0.354 e. The normalized spacial score (nSPS) is 11.9. The Bertz CT molecular complexity index is 1730. The van der Waals surface area contributed by atoms with Gasteiger partial charge in [0.05, 0.1) is 10.6 Å². The average Bonchev–Trinajstić information content (AvgIpc) is 3.04. The molecule has 1 atom stereocenters. The molecule has 0 fully saturated rings. The van der Waals surface area contributed by atoms with Crippen molar-refractivity contribution in [2.24, 2.45) is 0 Å². The highest BCUT2D eigenvalue weighted by atomic mass is 35.5. The van der Waals surface area contributed by atoms with Gasteiger partial charge in [-0.1, -0.05) is 97.2 Å². The highest BCUT2D eigenvalue weighted by Crippen LogP contribution is 2.29. The molecular formula is C37H42ClN3O4S. The average molecular weight is 660 g/mol. The molecule has 1 N–H and O–H groups in total. The van der Waals surface area contributed by atoms with Crippen molar-refractivity contribution in [3.8, 4) is 0 Å². The van der Waals surface area contributed by atoms with Crippen LogP contribution in [-0.4, -0.2) is 44.3 Å². The number of benzene rings is 4. The van der Waals surface area contributed by atoms with E-state index in [1.807, 2.05) is 76.2 Å². The summed E-state index contributed by atoms with van der Waals surface area (Å²) in [5, 5.41) is 3.56. The molecule has 0 saturated carbocycles. The number of sulfonamides is 1. The molecular weight excluding hydrogens is 618 g/mol. The molecule has 4 rings (SSSR count). The van der Waals surface area contributed by atoms with Gasteiger partial charge in [0, 0.05) is 24.5 Å². The molecule has 46 heavy (non-hydrogen) atoms. The van der Waals surface area contributed by atoms with E-state index in [0.29, 0.717) is 17.3 Å². The number of amides is 2. The van der Waals surface area contributed by atoms with Gasteiger partial charge in [-0.25, -0.2) is 8.42 Å². The molecule has 0 aliphatic heterocycles. The van der Waals surface area contributed by atoms with Crippen LogP contribution in [0.1, 0.15) is 47.6 Å². The van der Waals surface area contributed by atoms with Gasteiger partial charge < -0.3 is 10.2 Å². The zero-order valence-corrected chi connectivity index (χ0v) is 28.4. The largest absolute Gasteiger partial charge is 0.354 e. The van der Waals surface area contributed by atoms with Crippen LogP contribution in [0.5, 0.6) is 0 Å². The van der Waals surface area contributed by atoms with Gasteiger partial charge in [-0.15, -0.1) is 0 Å². The Balaban J connectivity index is 1.81. The predicted molar refractivity (Wildman–Crippen MR) is 185 cm³/mol. The molecule has 7 nitrogen and oxygen atoms in total. The van der Waals surface area contributed by atoms with Gasteiger partial charge in [0.1, 0.15) is 12.6 Å². The summed E-state index contributed by atoms with van der Waals surface area (Å²) < 4.78 is 29.8. The van der Waals surface area contributed by atoms with Gasteiger partial charge in [0.2, 0.25) is 11.8 Å². The van der Waals surface area contributed by atoms with Gasteiger partial charge >= 0.3 is 0 Å². The van der Waals surface area contributed by atoms with E-state index in [1.165, 1.54) is 9.21 Å². The fourth-order valence-electron chi connectivity index (χ4n) is 5.20. The van der Waals surface area contributed by atoms with E-state index >= 15 is 0 Å². The molecule has 242 valence electrons. The second kappa shape index (κ2) is 15.9. The molecule has 0 aliphatic carbocycles. The van der Waals surface area contributed by atoms with Crippen molar-refractivity contribution in [1.29, 1.82) is 0 Å². The molecule has 0 unspecified atom stereocenters. The summed E-state index contributed by atoms with van der Waals surface area (Å²) in [5.41, 5.74) is 4.60. The van der Waals surface area contributed by atoms with Crippen LogP contribution in [0.3, 0.4) is 0 Å². The van der Waals surface area contributed by atoms with Crippen LogP contribution < -0.4 is 9.62 Å². The van der Waals surface area contributed by atoms with Crippen LogP contribution in [0.25, 0.3) is 0 Å². The van der Waals surface area contributed by atoms with E-state index < -0.39 is 28.5 Å². The highest BCUT2D eigenvalue weighted by Gasteiger charge is 2.35. The van der Waals surface area contributed by atoms with Crippen LogP contribution in [0.2, 0.25) is 5.02 Å². The lowest BCUT2D eigenvalue weighted by Crippen LogP contribution is -2.53. The minimum atomic E-state index is -4.17. The van der Waals surface area contributed by atoms with Crippen LogP contribution >= 0.6 is 11.6 Å². The Morgan fingerprint density at radius 2 is 1.50 bits per heavy atom. The van der Waals surface area contributed by atoms with Gasteiger partial charge in [0.15, 0.2) is 0 Å². The van der Waals surface area contributed by atoms with Gasteiger partial charge in [0.25, 0.3) is 10.0 Å². The first-order valence-corrected chi connectivity index (χ1v) is 17.3. The zero-order valence-electron chi connectivity index (χ0n) is 26.9. The molecule has 0 heterocycles. The molecule has 0 aromatic heterocycles. The van der Waals surface area contributed by atoms with Crippen molar-refractivity contribution >= 4 is 39.1 Å². The number of aryl methyl sites for hydroxylation is 2. The SMILES string of the molecule is CCCCNC(=O)[C@@H](Cc1ccccc1)N(Cc1ccc(Cl)cc1)C(=O)CN(c1cccc(C)c1C)S(=O)(=O)c1ccc(C)cc1. The Hall–Kier alpha value is -4.14. The molecule has 0 bridgehead atoms. The van der Waals surface area contributed by atoms with Gasteiger partial charge in [-0.3, -0.25) is 13.9 Å². The van der Waals surface area contributed by atoms with E-state index in [1.54, 1.807) is 48.5 Å². The molecule has 0 aliphatic rings. The Kier molecular flexibility index (Phi) is 12.0. The van der Waals surface area contributed by atoms with Gasteiger partial charge in [-0.2, -0.15) is 0 Å². The number of hydrogen-bond acceptors (Lipinski definition) is 4. The zero-order chi connectivity index (χ0) is 33.3. The van der Waals surface area contributed by atoms with Crippen molar-refractivity contribution in [3.05, 3.63) is 130 Å².